The predicted octanol–water partition coefficient (Wildman–Crippen LogP) is 2.37. The lowest BCUT2D eigenvalue weighted by molar-refractivity contribution is -0.119. The van der Waals surface area contributed by atoms with Crippen molar-refractivity contribution in [2.45, 2.75) is 33.2 Å². The Kier molecular flexibility index (Phi) is 4.06. The van der Waals surface area contributed by atoms with Gasteiger partial charge in [0, 0.05) is 12.7 Å². The van der Waals surface area contributed by atoms with Crippen LogP contribution in [0.2, 0.25) is 0 Å². The highest BCUT2D eigenvalue weighted by Crippen LogP contribution is 2.21. The number of hydrogen-bond donors (Lipinski definition) is 1. The number of amides is 1. The maximum absolute atomic E-state index is 12.6. The molecule has 1 N–H and O–H groups in total. The molecule has 1 unspecified atom stereocenters. The molecular weight excluding hydrogens is 280 g/mol. The molecule has 114 valence electrons. The van der Waals surface area contributed by atoms with Crippen LogP contribution in [0.5, 0.6) is 0 Å². The van der Waals surface area contributed by atoms with Gasteiger partial charge in [0.2, 0.25) is 5.91 Å². The van der Waals surface area contributed by atoms with Crippen molar-refractivity contribution in [3.8, 4) is 0 Å². The van der Waals surface area contributed by atoms with Crippen molar-refractivity contribution in [2.75, 3.05) is 5.32 Å². The second-order valence-corrected chi connectivity index (χ2v) is 4.89. The number of carbonyl (C=O) groups is 1. The molecule has 0 bridgehead atoms. The molecule has 2 rings (SSSR count). The fraction of sp³-hybridized carbons (Fsp3) is 0.462. The van der Waals surface area contributed by atoms with Gasteiger partial charge < -0.3 is 5.32 Å². The topological polar surface area (TPSA) is 64.7 Å². The van der Waals surface area contributed by atoms with E-state index in [1.54, 1.807) is 31.8 Å². The molecule has 6 nitrogen and oxygen atoms in total. The van der Waals surface area contributed by atoms with Crippen molar-refractivity contribution in [1.29, 1.82) is 0 Å². The Hall–Kier alpha value is -2.25. The summed E-state index contributed by atoms with van der Waals surface area (Å²) in [7, 11) is 1.76. The first-order chi connectivity index (χ1) is 9.81. The van der Waals surface area contributed by atoms with Crippen LogP contribution in [0.1, 0.15) is 36.5 Å². The van der Waals surface area contributed by atoms with Gasteiger partial charge in [0.15, 0.2) is 0 Å². The summed E-state index contributed by atoms with van der Waals surface area (Å²) in [4.78, 5) is 12.2. The summed E-state index contributed by atoms with van der Waals surface area (Å²) >= 11 is 0. The third-order valence-corrected chi connectivity index (χ3v) is 3.40. The minimum absolute atomic E-state index is 0.329. The van der Waals surface area contributed by atoms with Gasteiger partial charge in [0.1, 0.15) is 11.7 Å². The van der Waals surface area contributed by atoms with Crippen LogP contribution < -0.4 is 5.32 Å². The highest BCUT2D eigenvalue weighted by molar-refractivity contribution is 5.93. The number of nitrogens with zero attached hydrogens (tertiary/aromatic N) is 4. The molecule has 2 aromatic heterocycles. The van der Waals surface area contributed by atoms with Crippen molar-refractivity contribution in [3.63, 3.8) is 0 Å². The number of halogens is 2. The third kappa shape index (κ3) is 2.93. The molecule has 0 aliphatic carbocycles. The zero-order valence-electron chi connectivity index (χ0n) is 12.3. The van der Waals surface area contributed by atoms with Gasteiger partial charge in [-0.25, -0.2) is 8.78 Å². The molecule has 0 fully saturated rings. The van der Waals surface area contributed by atoms with Gasteiger partial charge in [-0.15, -0.1) is 0 Å². The normalized spacial score (nSPS) is 12.7. The third-order valence-electron chi connectivity index (χ3n) is 3.40. The van der Waals surface area contributed by atoms with Gasteiger partial charge in [-0.3, -0.25) is 14.2 Å². The standard InChI is InChI=1S/C13H17F2N5O/c1-7-5-10(12(14)15)18-20(7)9(3)13(21)17-11-6-16-19(4)8(11)2/h5-6,9,12H,1-4H3,(H,17,21). The average Bonchev–Trinajstić information content (AvgIpc) is 2.96. The summed E-state index contributed by atoms with van der Waals surface area (Å²) in [5.41, 5.74) is 1.58. The van der Waals surface area contributed by atoms with E-state index in [4.69, 9.17) is 0 Å². The molecular formula is C13H17F2N5O. The summed E-state index contributed by atoms with van der Waals surface area (Å²) in [6.45, 7) is 5.07. The molecule has 0 saturated carbocycles. The number of aromatic nitrogens is 4. The number of alkyl halides is 2. The molecule has 21 heavy (non-hydrogen) atoms. The molecule has 2 heterocycles. The highest BCUT2D eigenvalue weighted by Gasteiger charge is 2.22. The van der Waals surface area contributed by atoms with E-state index in [9.17, 15) is 13.6 Å². The molecule has 0 radical (unpaired) electrons. The first kappa shape index (κ1) is 15.1. The van der Waals surface area contributed by atoms with Crippen LogP contribution in [0.3, 0.4) is 0 Å². The summed E-state index contributed by atoms with van der Waals surface area (Å²) < 4.78 is 28.2. The summed E-state index contributed by atoms with van der Waals surface area (Å²) in [5, 5.41) is 10.5. The van der Waals surface area contributed by atoms with Crippen LogP contribution in [0.25, 0.3) is 0 Å². The van der Waals surface area contributed by atoms with E-state index in [2.05, 4.69) is 15.5 Å². The summed E-state index contributed by atoms with van der Waals surface area (Å²) in [5.74, 6) is -0.335. The number of carbonyl (C=O) groups excluding carboxylic acids is 1. The number of nitrogens with one attached hydrogen (secondary N) is 1. The molecule has 1 amide bonds. The SMILES string of the molecule is Cc1c(NC(=O)C(C)n2nc(C(F)F)cc2C)cnn1C. The maximum Gasteiger partial charge on any atom is 0.282 e. The van der Waals surface area contributed by atoms with Crippen molar-refractivity contribution < 1.29 is 13.6 Å². The Bertz CT molecular complexity index is 662. The number of aryl methyl sites for hydroxylation is 2. The fourth-order valence-electron chi connectivity index (χ4n) is 1.98. The van der Waals surface area contributed by atoms with Crippen LogP contribution in [0.4, 0.5) is 14.5 Å². The minimum Gasteiger partial charge on any atom is -0.321 e. The van der Waals surface area contributed by atoms with Gasteiger partial charge >= 0.3 is 0 Å². The van der Waals surface area contributed by atoms with Crippen LogP contribution in [-0.2, 0) is 11.8 Å². The van der Waals surface area contributed by atoms with Gasteiger partial charge in [-0.1, -0.05) is 0 Å². The van der Waals surface area contributed by atoms with E-state index in [1.807, 2.05) is 6.92 Å². The Morgan fingerprint density at radius 3 is 2.52 bits per heavy atom. The molecule has 0 aliphatic rings. The van der Waals surface area contributed by atoms with E-state index in [0.717, 1.165) is 5.69 Å². The van der Waals surface area contributed by atoms with Gasteiger partial charge in [0.25, 0.3) is 6.43 Å². The van der Waals surface area contributed by atoms with Crippen molar-refractivity contribution in [1.82, 2.24) is 19.6 Å². The lowest BCUT2D eigenvalue weighted by Crippen LogP contribution is -2.25. The van der Waals surface area contributed by atoms with Crippen LogP contribution in [0, 0.1) is 13.8 Å². The first-order valence-electron chi connectivity index (χ1n) is 6.45. The van der Waals surface area contributed by atoms with Gasteiger partial charge in [-0.2, -0.15) is 10.2 Å². The van der Waals surface area contributed by atoms with E-state index in [-0.39, 0.29) is 11.6 Å². The molecule has 8 heteroatoms. The van der Waals surface area contributed by atoms with Crippen LogP contribution in [0.15, 0.2) is 12.3 Å². The number of hydrogen-bond acceptors (Lipinski definition) is 3. The van der Waals surface area contributed by atoms with Gasteiger partial charge in [0.05, 0.1) is 17.6 Å². The summed E-state index contributed by atoms with van der Waals surface area (Å²) in [6.07, 6.45) is -1.11. The highest BCUT2D eigenvalue weighted by atomic mass is 19.3. The van der Waals surface area contributed by atoms with Crippen molar-refractivity contribution in [3.05, 3.63) is 29.3 Å². The predicted molar refractivity (Wildman–Crippen MR) is 73.2 cm³/mol. The van der Waals surface area contributed by atoms with Gasteiger partial charge in [-0.05, 0) is 26.8 Å². The second kappa shape index (κ2) is 5.63. The first-order valence-corrected chi connectivity index (χ1v) is 6.45. The van der Waals surface area contributed by atoms with E-state index >= 15 is 0 Å². The zero-order chi connectivity index (χ0) is 15.7. The van der Waals surface area contributed by atoms with Crippen LogP contribution in [-0.4, -0.2) is 25.5 Å². The molecule has 1 atom stereocenters. The summed E-state index contributed by atoms with van der Waals surface area (Å²) in [6, 6.07) is 0.584. The monoisotopic (exact) mass is 297 g/mol. The molecule has 0 spiro atoms. The van der Waals surface area contributed by atoms with E-state index < -0.39 is 12.5 Å². The number of anilines is 1. The lowest BCUT2D eigenvalue weighted by atomic mass is 10.3. The average molecular weight is 297 g/mol. The number of rotatable bonds is 4. The quantitative estimate of drug-likeness (QED) is 0.942. The van der Waals surface area contributed by atoms with Crippen molar-refractivity contribution in [2.24, 2.45) is 7.05 Å². The lowest BCUT2D eigenvalue weighted by Gasteiger charge is -2.14. The smallest absolute Gasteiger partial charge is 0.282 e. The second-order valence-electron chi connectivity index (χ2n) is 4.89. The zero-order valence-corrected chi connectivity index (χ0v) is 12.3. The molecule has 0 saturated heterocycles. The maximum atomic E-state index is 12.6. The molecule has 0 aromatic carbocycles. The van der Waals surface area contributed by atoms with Crippen LogP contribution >= 0.6 is 0 Å². The Balaban J connectivity index is 2.17. The Morgan fingerprint density at radius 1 is 1.38 bits per heavy atom. The van der Waals surface area contributed by atoms with Crippen molar-refractivity contribution >= 4 is 11.6 Å². The Labute approximate surface area is 120 Å². The largest absolute Gasteiger partial charge is 0.321 e. The molecule has 2 aromatic rings. The minimum atomic E-state index is -2.65. The van der Waals surface area contributed by atoms with E-state index in [0.29, 0.717) is 11.4 Å². The fourth-order valence-corrected chi connectivity index (χ4v) is 1.98. The Morgan fingerprint density at radius 2 is 2.05 bits per heavy atom. The molecule has 0 aliphatic heterocycles. The van der Waals surface area contributed by atoms with E-state index in [1.165, 1.54) is 10.7 Å².